The van der Waals surface area contributed by atoms with Gasteiger partial charge in [0.15, 0.2) is 5.71 Å². The Hall–Kier alpha value is -1.37. The predicted octanol–water partition coefficient (Wildman–Crippen LogP) is 3.47. The summed E-state index contributed by atoms with van der Waals surface area (Å²) in [5, 5.41) is 0. The van der Waals surface area contributed by atoms with Crippen molar-refractivity contribution in [3.05, 3.63) is 48.0 Å². The number of allylic oxidation sites excluding steroid dienone is 2. The highest BCUT2D eigenvalue weighted by molar-refractivity contribution is 5.85. The zero-order chi connectivity index (χ0) is 14.9. The van der Waals surface area contributed by atoms with E-state index in [-0.39, 0.29) is 5.41 Å². The van der Waals surface area contributed by atoms with Gasteiger partial charge in [-0.3, -0.25) is 0 Å². The molecule has 0 saturated carbocycles. The van der Waals surface area contributed by atoms with Crippen LogP contribution in [-0.4, -0.2) is 12.3 Å². The molecule has 1 heterocycles. The van der Waals surface area contributed by atoms with E-state index in [2.05, 4.69) is 68.2 Å². The van der Waals surface area contributed by atoms with Crippen molar-refractivity contribution < 1.29 is 4.99 Å². The highest BCUT2D eigenvalue weighted by atomic mass is 14.8. The lowest BCUT2D eigenvalue weighted by atomic mass is 9.58. The van der Waals surface area contributed by atoms with Crippen molar-refractivity contribution in [1.82, 2.24) is 0 Å². The van der Waals surface area contributed by atoms with Crippen molar-refractivity contribution in [2.75, 3.05) is 6.54 Å². The standard InChI is InChI=1S/C20H27N/c1-16-20(15-19(2,3)13-14-21-16)12-8-7-11-18(20)17-9-5-4-6-10-17/h4-7,9-11,18H,8,12-15H2,1-3H3/p+1/t18-,20-/m0/s1. The van der Waals surface area contributed by atoms with Gasteiger partial charge in [-0.2, -0.15) is 0 Å². The van der Waals surface area contributed by atoms with Crippen LogP contribution >= 0.6 is 0 Å². The van der Waals surface area contributed by atoms with Crippen LogP contribution in [0.5, 0.6) is 0 Å². The summed E-state index contributed by atoms with van der Waals surface area (Å²) in [6.07, 6.45) is 9.86. The zero-order valence-corrected chi connectivity index (χ0v) is 13.7. The number of hydrogen-bond donors (Lipinski definition) is 1. The second kappa shape index (κ2) is 5.44. The van der Waals surface area contributed by atoms with Crippen molar-refractivity contribution in [2.45, 2.75) is 52.4 Å². The molecule has 1 aliphatic carbocycles. The first-order chi connectivity index (χ1) is 10.0. The molecule has 0 radical (unpaired) electrons. The third-order valence-corrected chi connectivity index (χ3v) is 5.57. The minimum absolute atomic E-state index is 0.274. The van der Waals surface area contributed by atoms with E-state index in [1.165, 1.54) is 37.0 Å². The Balaban J connectivity index is 2.09. The van der Waals surface area contributed by atoms with Crippen LogP contribution in [-0.2, 0) is 0 Å². The van der Waals surface area contributed by atoms with Crippen LogP contribution in [0.3, 0.4) is 0 Å². The second-order valence-electron chi connectivity index (χ2n) is 7.65. The lowest BCUT2D eigenvalue weighted by Crippen LogP contribution is -2.75. The summed E-state index contributed by atoms with van der Waals surface area (Å²) in [7, 11) is 0. The first-order valence-corrected chi connectivity index (χ1v) is 8.33. The Kier molecular flexibility index (Phi) is 3.77. The normalized spacial score (nSPS) is 31.8. The topological polar surface area (TPSA) is 14.0 Å². The Morgan fingerprint density at radius 2 is 1.86 bits per heavy atom. The molecule has 21 heavy (non-hydrogen) atoms. The third-order valence-electron chi connectivity index (χ3n) is 5.57. The molecular weight excluding hydrogens is 254 g/mol. The third kappa shape index (κ3) is 2.71. The molecule has 0 unspecified atom stereocenters. The van der Waals surface area contributed by atoms with Gasteiger partial charge in [0.2, 0.25) is 0 Å². The molecule has 1 aromatic carbocycles. The maximum Gasteiger partial charge on any atom is 0.154 e. The minimum Gasteiger partial charge on any atom is -0.249 e. The number of hydrogen-bond acceptors (Lipinski definition) is 0. The van der Waals surface area contributed by atoms with Gasteiger partial charge in [0.05, 0.1) is 5.41 Å². The average Bonchev–Trinajstić information content (AvgIpc) is 2.58. The molecule has 1 N–H and O–H groups in total. The maximum atomic E-state index is 3.74. The molecule has 1 heteroatoms. The van der Waals surface area contributed by atoms with E-state index < -0.39 is 0 Å². The van der Waals surface area contributed by atoms with Gasteiger partial charge in [0.25, 0.3) is 0 Å². The Bertz CT molecular complexity index is 552. The van der Waals surface area contributed by atoms with E-state index in [0.717, 1.165) is 6.54 Å². The highest BCUT2D eigenvalue weighted by Gasteiger charge is 2.49. The fourth-order valence-corrected chi connectivity index (χ4v) is 4.46. The number of rotatable bonds is 1. The van der Waals surface area contributed by atoms with Gasteiger partial charge in [-0.25, -0.2) is 4.99 Å². The Morgan fingerprint density at radius 1 is 1.10 bits per heavy atom. The van der Waals surface area contributed by atoms with Crippen LogP contribution in [0.4, 0.5) is 0 Å². The summed E-state index contributed by atoms with van der Waals surface area (Å²) in [5.41, 5.74) is 3.65. The Labute approximate surface area is 129 Å². The van der Waals surface area contributed by atoms with E-state index in [4.69, 9.17) is 0 Å². The maximum absolute atomic E-state index is 3.74. The fourth-order valence-electron chi connectivity index (χ4n) is 4.46. The van der Waals surface area contributed by atoms with Gasteiger partial charge >= 0.3 is 0 Å². The quantitative estimate of drug-likeness (QED) is 0.758. The molecule has 112 valence electrons. The summed E-state index contributed by atoms with van der Waals surface area (Å²) in [6.45, 7) is 8.33. The van der Waals surface area contributed by atoms with Gasteiger partial charge in [0.1, 0.15) is 6.54 Å². The molecule has 1 aliphatic heterocycles. The van der Waals surface area contributed by atoms with Crippen LogP contribution in [0.15, 0.2) is 42.5 Å². The minimum atomic E-state index is 0.274. The predicted molar refractivity (Wildman–Crippen MR) is 89.5 cm³/mol. The molecule has 3 rings (SSSR count). The van der Waals surface area contributed by atoms with Gasteiger partial charge in [-0.1, -0.05) is 56.3 Å². The van der Waals surface area contributed by atoms with Crippen LogP contribution in [0.1, 0.15) is 57.9 Å². The summed E-state index contributed by atoms with van der Waals surface area (Å²) >= 11 is 0. The number of nitrogens with one attached hydrogen (secondary N) is 1. The first kappa shape index (κ1) is 14.6. The summed E-state index contributed by atoms with van der Waals surface area (Å²) in [5.74, 6) is 0.511. The molecule has 0 aromatic heterocycles. The summed E-state index contributed by atoms with van der Waals surface area (Å²) in [4.78, 5) is 3.74. The molecule has 0 saturated heterocycles. The molecular formula is C20H28N+. The monoisotopic (exact) mass is 282 g/mol. The summed E-state index contributed by atoms with van der Waals surface area (Å²) in [6, 6.07) is 11.1. The summed E-state index contributed by atoms with van der Waals surface area (Å²) < 4.78 is 0. The molecule has 2 aliphatic rings. The van der Waals surface area contributed by atoms with Crippen LogP contribution in [0.25, 0.3) is 0 Å². The average molecular weight is 282 g/mol. The highest BCUT2D eigenvalue weighted by Crippen LogP contribution is 2.52. The lowest BCUT2D eigenvalue weighted by molar-refractivity contribution is -0.462. The largest absolute Gasteiger partial charge is 0.249 e. The molecule has 0 bridgehead atoms. The van der Waals surface area contributed by atoms with E-state index in [0.29, 0.717) is 11.3 Å². The smallest absolute Gasteiger partial charge is 0.154 e. The van der Waals surface area contributed by atoms with E-state index in [1.54, 1.807) is 0 Å². The second-order valence-corrected chi connectivity index (χ2v) is 7.65. The van der Waals surface area contributed by atoms with Gasteiger partial charge in [-0.05, 0) is 30.2 Å². The van der Waals surface area contributed by atoms with Gasteiger partial charge in [0, 0.05) is 19.3 Å². The zero-order valence-electron chi connectivity index (χ0n) is 13.7. The molecule has 2 atom stereocenters. The van der Waals surface area contributed by atoms with Gasteiger partial charge in [-0.15, -0.1) is 0 Å². The molecule has 1 aromatic rings. The number of benzene rings is 1. The van der Waals surface area contributed by atoms with Crippen LogP contribution < -0.4 is 4.99 Å². The van der Waals surface area contributed by atoms with E-state index in [1.807, 2.05) is 0 Å². The van der Waals surface area contributed by atoms with E-state index >= 15 is 0 Å². The molecule has 1 spiro atoms. The molecule has 1 nitrogen and oxygen atoms in total. The van der Waals surface area contributed by atoms with E-state index in [9.17, 15) is 0 Å². The lowest BCUT2D eigenvalue weighted by Gasteiger charge is -2.43. The van der Waals surface area contributed by atoms with Crippen molar-refractivity contribution in [1.29, 1.82) is 0 Å². The molecule has 0 fully saturated rings. The van der Waals surface area contributed by atoms with Crippen LogP contribution in [0, 0.1) is 10.8 Å². The van der Waals surface area contributed by atoms with Crippen molar-refractivity contribution in [2.24, 2.45) is 10.8 Å². The van der Waals surface area contributed by atoms with Crippen LogP contribution in [0.2, 0.25) is 0 Å². The fraction of sp³-hybridized carbons (Fsp3) is 0.550. The van der Waals surface area contributed by atoms with Crippen molar-refractivity contribution in [3.8, 4) is 0 Å². The van der Waals surface area contributed by atoms with Crippen molar-refractivity contribution in [3.63, 3.8) is 0 Å². The SMILES string of the molecule is CC1=[NH+]CCC(C)(C)C[C@@]12CCC=C[C@H]2c1ccccc1. The Morgan fingerprint density at radius 3 is 2.62 bits per heavy atom. The van der Waals surface area contributed by atoms with Gasteiger partial charge < -0.3 is 0 Å². The van der Waals surface area contributed by atoms with Crippen molar-refractivity contribution >= 4 is 5.71 Å². The first-order valence-electron chi connectivity index (χ1n) is 8.33. The molecule has 0 amide bonds.